The van der Waals surface area contributed by atoms with Gasteiger partial charge in [-0.25, -0.2) is 13.9 Å². The van der Waals surface area contributed by atoms with E-state index in [1.165, 1.54) is 6.07 Å². The van der Waals surface area contributed by atoms with E-state index in [9.17, 15) is 18.3 Å². The number of carboxylic acids is 1. The molecule has 8 nitrogen and oxygen atoms in total. The highest BCUT2D eigenvalue weighted by Gasteiger charge is 2.23. The van der Waals surface area contributed by atoms with Crippen LogP contribution < -0.4 is 15.4 Å². The maximum Gasteiger partial charge on any atom is 0.354 e. The van der Waals surface area contributed by atoms with Gasteiger partial charge in [-0.1, -0.05) is 26.0 Å². The predicted octanol–water partition coefficient (Wildman–Crippen LogP) is 1.34. The van der Waals surface area contributed by atoms with Gasteiger partial charge in [-0.05, 0) is 23.8 Å². The second kappa shape index (κ2) is 8.35. The summed E-state index contributed by atoms with van der Waals surface area (Å²) in [5, 5.41) is 17.8. The molecule has 9 heteroatoms. The molecule has 1 fully saturated rings. The van der Waals surface area contributed by atoms with Crippen molar-refractivity contribution in [3.63, 3.8) is 0 Å². The normalized spacial score (nSPS) is 14.5. The number of carbonyl (C=O) groups is 1. The summed E-state index contributed by atoms with van der Waals surface area (Å²) in [7, 11) is -4.18. The highest BCUT2D eigenvalue weighted by atomic mass is 32.2. The molecule has 0 saturated carbocycles. The van der Waals surface area contributed by atoms with Gasteiger partial charge in [0.25, 0.3) is 0 Å². The fraction of sp³-hybridized carbons (Fsp3) is 0.353. The first-order valence-electron chi connectivity index (χ1n) is 8.42. The summed E-state index contributed by atoms with van der Waals surface area (Å²) in [5.41, 5.74) is 1.54. The third kappa shape index (κ3) is 4.24. The Balaban J connectivity index is 0.00000117. The molecule has 4 N–H and O–H groups in total. The molecule has 0 spiro atoms. The van der Waals surface area contributed by atoms with E-state index >= 15 is 0 Å². The number of aromatic carboxylic acids is 1. The Hall–Kier alpha value is -2.36. The van der Waals surface area contributed by atoms with Crippen molar-refractivity contribution in [2.75, 3.05) is 31.1 Å². The second-order valence-corrected chi connectivity index (χ2v) is 6.93. The molecule has 0 atom stereocenters. The smallest absolute Gasteiger partial charge is 0.354 e. The molecule has 0 bridgehead atoms. The zero-order chi connectivity index (χ0) is 19.3. The van der Waals surface area contributed by atoms with Gasteiger partial charge in [-0.15, -0.1) is 0 Å². The zero-order valence-electron chi connectivity index (χ0n) is 14.8. The lowest BCUT2D eigenvalue weighted by molar-refractivity contribution is 0.0690. The molecule has 2 aromatic rings. The molecular weight excluding hydrogens is 356 g/mol. The SMILES string of the molecule is CC.NS(=O)(=O)n1ccc(-c2cccc(N3CCNCC3)c2)c1C(=O)O. The molecule has 2 heterocycles. The maximum absolute atomic E-state index is 11.6. The van der Waals surface area contributed by atoms with Gasteiger partial charge in [-0.2, -0.15) is 8.42 Å². The number of nitrogens with one attached hydrogen (secondary N) is 1. The van der Waals surface area contributed by atoms with Crippen LogP contribution in [-0.4, -0.2) is 49.6 Å². The molecule has 0 aliphatic carbocycles. The quantitative estimate of drug-likeness (QED) is 0.737. The zero-order valence-corrected chi connectivity index (χ0v) is 15.7. The maximum atomic E-state index is 11.6. The Morgan fingerprint density at radius 2 is 1.85 bits per heavy atom. The number of carboxylic acid groups (broad SMARTS) is 1. The van der Waals surface area contributed by atoms with Crippen molar-refractivity contribution < 1.29 is 18.3 Å². The Morgan fingerprint density at radius 1 is 1.19 bits per heavy atom. The molecule has 26 heavy (non-hydrogen) atoms. The van der Waals surface area contributed by atoms with Crippen molar-refractivity contribution >= 4 is 21.9 Å². The Morgan fingerprint density at radius 3 is 2.42 bits per heavy atom. The summed E-state index contributed by atoms with van der Waals surface area (Å²) in [6.07, 6.45) is 1.16. The molecular formula is C17H24N4O4S. The minimum absolute atomic E-state index is 0.313. The Kier molecular flexibility index (Phi) is 6.41. The van der Waals surface area contributed by atoms with E-state index in [2.05, 4.69) is 10.2 Å². The lowest BCUT2D eigenvalue weighted by Gasteiger charge is -2.29. The van der Waals surface area contributed by atoms with Gasteiger partial charge in [0, 0.05) is 43.6 Å². The number of nitrogens with zero attached hydrogens (tertiary/aromatic N) is 2. The third-order valence-electron chi connectivity index (χ3n) is 3.97. The fourth-order valence-electron chi connectivity index (χ4n) is 2.86. The van der Waals surface area contributed by atoms with Crippen molar-refractivity contribution in [1.29, 1.82) is 0 Å². The van der Waals surface area contributed by atoms with Crippen molar-refractivity contribution in [2.24, 2.45) is 5.14 Å². The molecule has 0 unspecified atom stereocenters. The number of rotatable bonds is 4. The molecule has 3 rings (SSSR count). The van der Waals surface area contributed by atoms with E-state index in [1.54, 1.807) is 6.07 Å². The topological polar surface area (TPSA) is 118 Å². The Bertz CT molecular complexity index is 871. The fourth-order valence-corrected chi connectivity index (χ4v) is 3.52. The highest BCUT2D eigenvalue weighted by molar-refractivity contribution is 7.87. The van der Waals surface area contributed by atoms with E-state index in [-0.39, 0.29) is 5.69 Å². The first-order chi connectivity index (χ1) is 12.4. The van der Waals surface area contributed by atoms with Crippen molar-refractivity contribution in [2.45, 2.75) is 13.8 Å². The number of piperazine rings is 1. The molecule has 0 radical (unpaired) electrons. The lowest BCUT2D eigenvalue weighted by Crippen LogP contribution is -2.43. The molecule has 1 aliphatic heterocycles. The van der Waals surface area contributed by atoms with Crippen LogP contribution in [0.25, 0.3) is 11.1 Å². The van der Waals surface area contributed by atoms with Crippen molar-refractivity contribution in [3.05, 3.63) is 42.2 Å². The summed E-state index contributed by atoms with van der Waals surface area (Å²) in [4.78, 5) is 13.7. The number of benzene rings is 1. The minimum Gasteiger partial charge on any atom is -0.477 e. The minimum atomic E-state index is -4.18. The van der Waals surface area contributed by atoms with Crippen LogP contribution in [0.3, 0.4) is 0 Å². The van der Waals surface area contributed by atoms with Gasteiger partial charge in [-0.3, -0.25) is 0 Å². The summed E-state index contributed by atoms with van der Waals surface area (Å²) in [6.45, 7) is 7.47. The summed E-state index contributed by atoms with van der Waals surface area (Å²) in [5.74, 6) is -1.35. The van der Waals surface area contributed by atoms with Gasteiger partial charge < -0.3 is 15.3 Å². The average molecular weight is 380 g/mol. The first kappa shape index (κ1) is 20.0. The number of aromatic nitrogens is 1. The molecule has 0 amide bonds. The van der Waals surface area contributed by atoms with Crippen molar-refractivity contribution in [1.82, 2.24) is 9.29 Å². The van der Waals surface area contributed by atoms with Gasteiger partial charge in [0.05, 0.1) is 0 Å². The van der Waals surface area contributed by atoms with Crippen LogP contribution in [0.1, 0.15) is 24.3 Å². The number of nitrogens with two attached hydrogens (primary N) is 1. The predicted molar refractivity (Wildman–Crippen MR) is 102 cm³/mol. The number of hydrogen-bond acceptors (Lipinski definition) is 5. The molecule has 1 aromatic heterocycles. The van der Waals surface area contributed by atoms with Gasteiger partial charge >= 0.3 is 16.2 Å². The molecule has 142 valence electrons. The monoisotopic (exact) mass is 380 g/mol. The molecule has 1 aromatic carbocycles. The number of hydrogen-bond donors (Lipinski definition) is 3. The summed E-state index contributed by atoms with van der Waals surface area (Å²) in [6, 6.07) is 8.84. The largest absolute Gasteiger partial charge is 0.477 e. The molecule has 1 aliphatic rings. The van der Waals surface area contributed by atoms with Crippen LogP contribution in [0.5, 0.6) is 0 Å². The van der Waals surface area contributed by atoms with E-state index in [4.69, 9.17) is 5.14 Å². The second-order valence-electron chi connectivity index (χ2n) is 5.51. The van der Waals surface area contributed by atoms with Gasteiger partial charge in [0.15, 0.2) is 5.69 Å². The van der Waals surface area contributed by atoms with Crippen LogP contribution in [0.4, 0.5) is 5.69 Å². The number of anilines is 1. The van der Waals surface area contributed by atoms with Crippen LogP contribution in [-0.2, 0) is 10.2 Å². The standard InChI is InChI=1S/C15H18N4O4S.C2H6/c16-24(22,23)19-7-4-13(14(19)15(20)21)11-2-1-3-12(10-11)18-8-5-17-6-9-18;1-2/h1-4,7,10,17H,5-6,8-9H2,(H,20,21)(H2,16,22,23);1-2H3. The lowest BCUT2D eigenvalue weighted by atomic mass is 10.0. The van der Waals surface area contributed by atoms with Crippen molar-refractivity contribution in [3.8, 4) is 11.1 Å². The van der Waals surface area contributed by atoms with E-state index in [1.807, 2.05) is 32.0 Å². The van der Waals surface area contributed by atoms with E-state index < -0.39 is 16.2 Å². The van der Waals surface area contributed by atoms with Crippen LogP contribution in [0, 0.1) is 0 Å². The van der Waals surface area contributed by atoms with Gasteiger partial charge in [0.1, 0.15) is 0 Å². The van der Waals surface area contributed by atoms with Crippen LogP contribution in [0.15, 0.2) is 36.5 Å². The Labute approximate surface area is 153 Å². The van der Waals surface area contributed by atoms with Gasteiger partial charge in [0.2, 0.25) is 0 Å². The van der Waals surface area contributed by atoms with Crippen LogP contribution in [0.2, 0.25) is 0 Å². The van der Waals surface area contributed by atoms with Crippen LogP contribution >= 0.6 is 0 Å². The summed E-state index contributed by atoms with van der Waals surface area (Å²) < 4.78 is 23.7. The summed E-state index contributed by atoms with van der Waals surface area (Å²) >= 11 is 0. The van der Waals surface area contributed by atoms with E-state index in [0.29, 0.717) is 15.1 Å². The molecule has 1 saturated heterocycles. The highest BCUT2D eigenvalue weighted by Crippen LogP contribution is 2.29. The third-order valence-corrected chi connectivity index (χ3v) is 4.82. The van der Waals surface area contributed by atoms with E-state index in [0.717, 1.165) is 38.1 Å². The first-order valence-corrected chi connectivity index (χ1v) is 9.92. The average Bonchev–Trinajstić information content (AvgIpc) is 3.10.